The molecule has 0 spiro atoms. The molecule has 8 heteroatoms. The molecule has 0 saturated carbocycles. The van der Waals surface area contributed by atoms with E-state index in [4.69, 9.17) is 16.3 Å². The van der Waals surface area contributed by atoms with Crippen LogP contribution in [0.5, 0.6) is 0 Å². The summed E-state index contributed by atoms with van der Waals surface area (Å²) in [7, 11) is -3.35. The molecule has 0 saturated heterocycles. The van der Waals surface area contributed by atoms with Gasteiger partial charge in [-0.3, -0.25) is 0 Å². The van der Waals surface area contributed by atoms with Crippen molar-refractivity contribution >= 4 is 27.5 Å². The minimum absolute atomic E-state index is 0.206. The Hall–Kier alpha value is -1.31. The fourth-order valence-corrected chi connectivity index (χ4v) is 3.09. The van der Waals surface area contributed by atoms with Crippen molar-refractivity contribution in [3.8, 4) is 0 Å². The van der Waals surface area contributed by atoms with E-state index in [1.54, 1.807) is 32.9 Å². The first kappa shape index (κ1) is 19.7. The number of hydrogen-bond donors (Lipinski definition) is 2. The molecule has 1 rings (SSSR count). The fraction of sp³-hybridized carbons (Fsp3) is 0.533. The van der Waals surface area contributed by atoms with Gasteiger partial charge in [-0.2, -0.15) is 0 Å². The summed E-state index contributed by atoms with van der Waals surface area (Å²) in [4.78, 5) is 11.7. The molecule has 130 valence electrons. The van der Waals surface area contributed by atoms with Crippen LogP contribution in [0, 0.1) is 0 Å². The summed E-state index contributed by atoms with van der Waals surface area (Å²) in [5.74, 6) is 0. The molecule has 6 nitrogen and oxygen atoms in total. The highest BCUT2D eigenvalue weighted by atomic mass is 35.5. The smallest absolute Gasteiger partial charge is 0.407 e. The monoisotopic (exact) mass is 362 g/mol. The van der Waals surface area contributed by atoms with Crippen LogP contribution in [0.2, 0.25) is 5.02 Å². The summed E-state index contributed by atoms with van der Waals surface area (Å²) < 4.78 is 28.6. The van der Waals surface area contributed by atoms with Gasteiger partial charge < -0.3 is 15.4 Å². The summed E-state index contributed by atoms with van der Waals surface area (Å²) in [6.45, 7) is 6.46. The van der Waals surface area contributed by atoms with Crippen LogP contribution in [0.25, 0.3) is 0 Å². The minimum Gasteiger partial charge on any atom is -0.444 e. The number of ether oxygens (including phenoxy) is 1. The molecule has 1 amide bonds. The SMILES string of the molecule is CC(C)(C)OC(=O)NCCNCc1c(Cl)cccc1S(C)(=O)=O. The van der Waals surface area contributed by atoms with Gasteiger partial charge in [0, 0.05) is 36.5 Å². The fourth-order valence-electron chi connectivity index (χ4n) is 1.84. The number of carbonyl (C=O) groups excluding carboxylic acids is 1. The van der Waals surface area contributed by atoms with Crippen molar-refractivity contribution in [2.75, 3.05) is 19.3 Å². The summed E-state index contributed by atoms with van der Waals surface area (Å²) >= 11 is 6.08. The van der Waals surface area contributed by atoms with Crippen LogP contribution in [-0.4, -0.2) is 39.5 Å². The number of alkyl carbamates (subject to hydrolysis) is 1. The predicted octanol–water partition coefficient (Wildman–Crippen LogP) is 2.36. The van der Waals surface area contributed by atoms with Gasteiger partial charge in [-0.15, -0.1) is 0 Å². The Balaban J connectivity index is 2.50. The summed E-state index contributed by atoms with van der Waals surface area (Å²) in [6.07, 6.45) is 0.653. The molecule has 0 radical (unpaired) electrons. The van der Waals surface area contributed by atoms with Gasteiger partial charge in [0.15, 0.2) is 9.84 Å². The van der Waals surface area contributed by atoms with E-state index in [9.17, 15) is 13.2 Å². The number of hydrogen-bond acceptors (Lipinski definition) is 5. The Morgan fingerprint density at radius 2 is 1.91 bits per heavy atom. The van der Waals surface area contributed by atoms with Gasteiger partial charge in [0.25, 0.3) is 0 Å². The molecule has 0 unspecified atom stereocenters. The topological polar surface area (TPSA) is 84.5 Å². The van der Waals surface area contributed by atoms with Crippen LogP contribution in [0.4, 0.5) is 4.79 Å². The lowest BCUT2D eigenvalue weighted by Crippen LogP contribution is -2.36. The lowest BCUT2D eigenvalue weighted by molar-refractivity contribution is 0.0528. The second-order valence-electron chi connectivity index (χ2n) is 6.09. The second kappa shape index (κ2) is 7.99. The largest absolute Gasteiger partial charge is 0.444 e. The van der Waals surface area contributed by atoms with Gasteiger partial charge in [0.05, 0.1) is 4.90 Å². The number of rotatable bonds is 6. The Kier molecular flexibility index (Phi) is 6.85. The number of halogens is 1. The zero-order valence-corrected chi connectivity index (χ0v) is 15.3. The van der Waals surface area contributed by atoms with Gasteiger partial charge in [-0.05, 0) is 32.9 Å². The van der Waals surface area contributed by atoms with E-state index < -0.39 is 21.5 Å². The maximum Gasteiger partial charge on any atom is 0.407 e. The molecule has 0 aliphatic rings. The van der Waals surface area contributed by atoms with E-state index in [0.717, 1.165) is 6.26 Å². The molecule has 0 aliphatic heterocycles. The van der Waals surface area contributed by atoms with Gasteiger partial charge in [0.2, 0.25) is 0 Å². The minimum atomic E-state index is -3.35. The van der Waals surface area contributed by atoms with Crippen molar-refractivity contribution in [3.05, 3.63) is 28.8 Å². The third kappa shape index (κ3) is 7.20. The first-order chi connectivity index (χ1) is 10.5. The normalized spacial score (nSPS) is 12.0. The molecule has 23 heavy (non-hydrogen) atoms. The second-order valence-corrected chi connectivity index (χ2v) is 8.49. The third-order valence-corrected chi connectivity index (χ3v) is 4.28. The average Bonchev–Trinajstić information content (AvgIpc) is 2.36. The highest BCUT2D eigenvalue weighted by Gasteiger charge is 2.16. The maximum atomic E-state index is 11.8. The molecule has 2 N–H and O–H groups in total. The quantitative estimate of drug-likeness (QED) is 0.759. The van der Waals surface area contributed by atoms with E-state index in [1.165, 1.54) is 6.07 Å². The van der Waals surface area contributed by atoms with Crippen molar-refractivity contribution in [2.24, 2.45) is 0 Å². The van der Waals surface area contributed by atoms with E-state index in [0.29, 0.717) is 23.7 Å². The van der Waals surface area contributed by atoms with Crippen LogP contribution in [0.15, 0.2) is 23.1 Å². The number of carbonyl (C=O) groups is 1. The molecular formula is C15H23ClN2O4S. The van der Waals surface area contributed by atoms with E-state index in [2.05, 4.69) is 10.6 Å². The van der Waals surface area contributed by atoms with Gasteiger partial charge in [-0.25, -0.2) is 13.2 Å². The number of nitrogens with one attached hydrogen (secondary N) is 2. The Morgan fingerprint density at radius 3 is 2.48 bits per heavy atom. The summed E-state index contributed by atoms with van der Waals surface area (Å²) in [6, 6.07) is 4.77. The van der Waals surface area contributed by atoms with Crippen molar-refractivity contribution in [1.29, 1.82) is 0 Å². The zero-order valence-electron chi connectivity index (χ0n) is 13.8. The van der Waals surface area contributed by atoms with Crippen molar-refractivity contribution in [1.82, 2.24) is 10.6 Å². The highest BCUT2D eigenvalue weighted by Crippen LogP contribution is 2.23. The molecule has 0 bridgehead atoms. The lowest BCUT2D eigenvalue weighted by atomic mass is 10.2. The third-order valence-electron chi connectivity index (χ3n) is 2.75. The number of amides is 1. The highest BCUT2D eigenvalue weighted by molar-refractivity contribution is 7.90. The molecule has 0 heterocycles. The van der Waals surface area contributed by atoms with Crippen molar-refractivity contribution < 1.29 is 17.9 Å². The number of benzene rings is 1. The molecule has 0 aromatic heterocycles. The number of sulfone groups is 1. The van der Waals surface area contributed by atoms with Crippen LogP contribution in [0.3, 0.4) is 0 Å². The average molecular weight is 363 g/mol. The molecule has 0 fully saturated rings. The molecule has 0 aliphatic carbocycles. The molecule has 1 aromatic carbocycles. The van der Waals surface area contributed by atoms with Gasteiger partial charge >= 0.3 is 6.09 Å². The van der Waals surface area contributed by atoms with E-state index >= 15 is 0 Å². The Bertz CT molecular complexity index is 654. The van der Waals surface area contributed by atoms with Crippen LogP contribution >= 0.6 is 11.6 Å². The van der Waals surface area contributed by atoms with Crippen LogP contribution < -0.4 is 10.6 Å². The van der Waals surface area contributed by atoms with E-state index in [-0.39, 0.29) is 11.4 Å². The predicted molar refractivity (Wildman–Crippen MR) is 90.5 cm³/mol. The maximum absolute atomic E-state index is 11.8. The van der Waals surface area contributed by atoms with Crippen molar-refractivity contribution in [2.45, 2.75) is 37.8 Å². The first-order valence-corrected chi connectivity index (χ1v) is 9.42. The van der Waals surface area contributed by atoms with E-state index in [1.807, 2.05) is 0 Å². The van der Waals surface area contributed by atoms with Crippen LogP contribution in [0.1, 0.15) is 26.3 Å². The zero-order chi connectivity index (χ0) is 17.7. The van der Waals surface area contributed by atoms with Crippen LogP contribution in [-0.2, 0) is 21.1 Å². The van der Waals surface area contributed by atoms with Crippen molar-refractivity contribution in [3.63, 3.8) is 0 Å². The summed E-state index contributed by atoms with van der Waals surface area (Å²) in [5, 5.41) is 6.05. The Labute approximate surface area is 142 Å². The Morgan fingerprint density at radius 1 is 1.26 bits per heavy atom. The molecule has 0 atom stereocenters. The standard InChI is InChI=1S/C15H23ClN2O4S/c1-15(2,3)22-14(19)18-9-8-17-10-11-12(16)6-5-7-13(11)23(4,20)21/h5-7,17H,8-10H2,1-4H3,(H,18,19). The lowest BCUT2D eigenvalue weighted by Gasteiger charge is -2.19. The molecular weight excluding hydrogens is 340 g/mol. The first-order valence-electron chi connectivity index (χ1n) is 7.16. The molecule has 1 aromatic rings. The summed E-state index contributed by atoms with van der Waals surface area (Å²) in [5.41, 5.74) is -0.0200. The van der Waals surface area contributed by atoms with Gasteiger partial charge in [-0.1, -0.05) is 17.7 Å². The van der Waals surface area contributed by atoms with Gasteiger partial charge in [0.1, 0.15) is 5.60 Å².